The normalized spacial score (nSPS) is 25.8. The molecule has 4 heteroatoms. The highest BCUT2D eigenvalue weighted by Gasteiger charge is 2.37. The summed E-state index contributed by atoms with van der Waals surface area (Å²) in [6, 6.07) is 1.08. The molecule has 4 nitrogen and oxygen atoms in total. The van der Waals surface area contributed by atoms with E-state index in [2.05, 4.69) is 21.7 Å². The van der Waals surface area contributed by atoms with E-state index in [-0.39, 0.29) is 0 Å². The van der Waals surface area contributed by atoms with Gasteiger partial charge in [0.25, 0.3) is 0 Å². The number of piperidine rings is 1. The van der Waals surface area contributed by atoms with Gasteiger partial charge in [0.2, 0.25) is 5.91 Å². The van der Waals surface area contributed by atoms with Crippen LogP contribution in [-0.4, -0.2) is 72.5 Å². The SMILES string of the molecule is CN1CCC(N(C(=O)CCN2CCCCCCC2)C2CC2)CC1. The summed E-state index contributed by atoms with van der Waals surface area (Å²) in [5.41, 5.74) is 0. The molecule has 3 fully saturated rings. The van der Waals surface area contributed by atoms with Gasteiger partial charge in [0.1, 0.15) is 0 Å². The molecule has 3 rings (SSSR count). The number of nitrogens with zero attached hydrogens (tertiary/aromatic N) is 3. The molecule has 1 aliphatic carbocycles. The number of carbonyl (C=O) groups is 1. The fourth-order valence-corrected chi connectivity index (χ4v) is 4.25. The van der Waals surface area contributed by atoms with Crippen molar-refractivity contribution in [2.24, 2.45) is 0 Å². The summed E-state index contributed by atoms with van der Waals surface area (Å²) in [4.78, 5) is 20.1. The van der Waals surface area contributed by atoms with Crippen molar-refractivity contribution < 1.29 is 4.79 Å². The molecule has 0 aromatic heterocycles. The summed E-state index contributed by atoms with van der Waals surface area (Å²) in [7, 11) is 2.20. The highest BCUT2D eigenvalue weighted by molar-refractivity contribution is 5.77. The fraction of sp³-hybridized carbons (Fsp3) is 0.947. The third kappa shape index (κ3) is 5.18. The van der Waals surface area contributed by atoms with Crippen LogP contribution in [-0.2, 0) is 4.79 Å². The van der Waals surface area contributed by atoms with E-state index in [4.69, 9.17) is 0 Å². The number of hydrogen-bond acceptors (Lipinski definition) is 3. The van der Waals surface area contributed by atoms with Crippen molar-refractivity contribution in [1.29, 1.82) is 0 Å². The number of hydrogen-bond donors (Lipinski definition) is 0. The highest BCUT2D eigenvalue weighted by Crippen LogP contribution is 2.32. The third-order valence-electron chi connectivity index (χ3n) is 5.90. The van der Waals surface area contributed by atoms with Gasteiger partial charge in [0.05, 0.1) is 0 Å². The Morgan fingerprint density at radius 2 is 1.43 bits per heavy atom. The van der Waals surface area contributed by atoms with E-state index in [1.807, 2.05) is 0 Å². The maximum absolute atomic E-state index is 12.9. The topological polar surface area (TPSA) is 26.8 Å². The van der Waals surface area contributed by atoms with Gasteiger partial charge < -0.3 is 14.7 Å². The van der Waals surface area contributed by atoms with Crippen LogP contribution in [0, 0.1) is 0 Å². The molecule has 0 spiro atoms. The van der Waals surface area contributed by atoms with E-state index in [1.165, 1.54) is 70.9 Å². The number of carbonyl (C=O) groups excluding carboxylic acids is 1. The van der Waals surface area contributed by atoms with Crippen LogP contribution in [0.2, 0.25) is 0 Å². The molecule has 0 radical (unpaired) electrons. The van der Waals surface area contributed by atoms with Crippen LogP contribution in [0.5, 0.6) is 0 Å². The average molecular weight is 322 g/mol. The van der Waals surface area contributed by atoms with Crippen molar-refractivity contribution in [3.8, 4) is 0 Å². The molecule has 3 aliphatic rings. The minimum Gasteiger partial charge on any atom is -0.337 e. The van der Waals surface area contributed by atoms with Crippen LogP contribution in [0.15, 0.2) is 0 Å². The number of amides is 1. The summed E-state index contributed by atoms with van der Waals surface area (Å²) >= 11 is 0. The Labute approximate surface area is 142 Å². The fourth-order valence-electron chi connectivity index (χ4n) is 4.25. The first-order valence-corrected chi connectivity index (χ1v) is 9.96. The predicted octanol–water partition coefficient (Wildman–Crippen LogP) is 2.73. The second-order valence-electron chi connectivity index (χ2n) is 7.93. The molecule has 2 aliphatic heterocycles. The van der Waals surface area contributed by atoms with Crippen molar-refractivity contribution in [2.45, 2.75) is 76.3 Å². The number of likely N-dealkylation sites (tertiary alicyclic amines) is 2. The monoisotopic (exact) mass is 321 g/mol. The number of rotatable bonds is 5. The van der Waals surface area contributed by atoms with Gasteiger partial charge in [-0.05, 0) is 71.8 Å². The lowest BCUT2D eigenvalue weighted by Gasteiger charge is -2.38. The molecule has 2 saturated heterocycles. The van der Waals surface area contributed by atoms with Gasteiger partial charge in [-0.15, -0.1) is 0 Å². The van der Waals surface area contributed by atoms with E-state index in [0.29, 0.717) is 18.0 Å². The largest absolute Gasteiger partial charge is 0.337 e. The van der Waals surface area contributed by atoms with Crippen molar-refractivity contribution in [1.82, 2.24) is 14.7 Å². The van der Waals surface area contributed by atoms with Crippen LogP contribution in [0.1, 0.15) is 64.2 Å². The Kier molecular flexibility index (Phi) is 6.35. The van der Waals surface area contributed by atoms with Gasteiger partial charge in [-0.25, -0.2) is 0 Å². The molecule has 0 aromatic carbocycles. The maximum Gasteiger partial charge on any atom is 0.224 e. The van der Waals surface area contributed by atoms with Crippen molar-refractivity contribution >= 4 is 5.91 Å². The Balaban J connectivity index is 1.48. The van der Waals surface area contributed by atoms with Crippen molar-refractivity contribution in [2.75, 3.05) is 39.8 Å². The molecule has 132 valence electrons. The van der Waals surface area contributed by atoms with Crippen molar-refractivity contribution in [3.63, 3.8) is 0 Å². The zero-order chi connectivity index (χ0) is 16.1. The lowest BCUT2D eigenvalue weighted by molar-refractivity contribution is -0.135. The lowest BCUT2D eigenvalue weighted by atomic mass is 10.0. The first-order valence-electron chi connectivity index (χ1n) is 9.96. The van der Waals surface area contributed by atoms with Gasteiger partial charge in [0, 0.05) is 25.0 Å². The molecule has 0 atom stereocenters. The van der Waals surface area contributed by atoms with Gasteiger partial charge in [-0.2, -0.15) is 0 Å². The van der Waals surface area contributed by atoms with Crippen LogP contribution in [0.4, 0.5) is 0 Å². The van der Waals surface area contributed by atoms with Crippen LogP contribution in [0.3, 0.4) is 0 Å². The summed E-state index contributed by atoms with van der Waals surface area (Å²) in [5, 5.41) is 0. The van der Waals surface area contributed by atoms with Crippen LogP contribution in [0.25, 0.3) is 0 Å². The molecule has 0 bridgehead atoms. The van der Waals surface area contributed by atoms with E-state index in [1.54, 1.807) is 0 Å². The molecule has 0 unspecified atom stereocenters. The van der Waals surface area contributed by atoms with Gasteiger partial charge in [0.15, 0.2) is 0 Å². The van der Waals surface area contributed by atoms with Gasteiger partial charge >= 0.3 is 0 Å². The predicted molar refractivity (Wildman–Crippen MR) is 94.5 cm³/mol. The quantitative estimate of drug-likeness (QED) is 0.779. The third-order valence-corrected chi connectivity index (χ3v) is 5.90. The zero-order valence-corrected chi connectivity index (χ0v) is 15.0. The molecule has 1 saturated carbocycles. The standard InChI is InChI=1S/C19H35N3O/c1-20-14-9-18(10-15-20)22(17-7-8-17)19(23)11-16-21-12-5-3-2-4-6-13-21/h17-18H,2-16H2,1H3. The molecule has 1 amide bonds. The van der Waals surface area contributed by atoms with E-state index in [0.717, 1.165) is 26.1 Å². The summed E-state index contributed by atoms with van der Waals surface area (Å²) in [5.74, 6) is 0.434. The van der Waals surface area contributed by atoms with Gasteiger partial charge in [-0.1, -0.05) is 19.3 Å². The minimum absolute atomic E-state index is 0.434. The summed E-state index contributed by atoms with van der Waals surface area (Å²) in [6.45, 7) is 5.67. The first-order chi connectivity index (χ1) is 11.2. The van der Waals surface area contributed by atoms with E-state index in [9.17, 15) is 4.79 Å². The second-order valence-corrected chi connectivity index (χ2v) is 7.93. The van der Waals surface area contributed by atoms with E-state index >= 15 is 0 Å². The molecule has 2 heterocycles. The van der Waals surface area contributed by atoms with Gasteiger partial charge in [-0.3, -0.25) is 4.79 Å². The summed E-state index contributed by atoms with van der Waals surface area (Å²) < 4.78 is 0. The van der Waals surface area contributed by atoms with E-state index < -0.39 is 0 Å². The Hall–Kier alpha value is -0.610. The summed E-state index contributed by atoms with van der Waals surface area (Å²) in [6.07, 6.45) is 12.3. The molecular formula is C19H35N3O. The second kappa shape index (κ2) is 8.48. The van der Waals surface area contributed by atoms with Crippen molar-refractivity contribution in [3.05, 3.63) is 0 Å². The molecule has 0 aromatic rings. The molecule has 0 N–H and O–H groups in total. The Bertz CT molecular complexity index is 367. The first kappa shape index (κ1) is 17.2. The lowest BCUT2D eigenvalue weighted by Crippen LogP contribution is -2.48. The maximum atomic E-state index is 12.9. The Morgan fingerprint density at radius 3 is 2.04 bits per heavy atom. The molecular weight excluding hydrogens is 286 g/mol. The van der Waals surface area contributed by atoms with Crippen LogP contribution >= 0.6 is 0 Å². The minimum atomic E-state index is 0.434. The molecule has 23 heavy (non-hydrogen) atoms. The average Bonchev–Trinajstić information content (AvgIpc) is 3.33. The zero-order valence-electron chi connectivity index (χ0n) is 15.0. The smallest absolute Gasteiger partial charge is 0.224 e. The highest BCUT2D eigenvalue weighted by atomic mass is 16.2. The van der Waals surface area contributed by atoms with Crippen LogP contribution < -0.4 is 0 Å². The Morgan fingerprint density at radius 1 is 0.870 bits per heavy atom.